The van der Waals surface area contributed by atoms with Crippen LogP contribution in [0.1, 0.15) is 44.4 Å². The molecule has 1 aliphatic heterocycles. The maximum Gasteiger partial charge on any atom is 0.410 e. The van der Waals surface area contributed by atoms with Gasteiger partial charge in [-0.25, -0.2) is 17.9 Å². The molecule has 8 nitrogen and oxygen atoms in total. The molecule has 1 aliphatic carbocycles. The van der Waals surface area contributed by atoms with E-state index in [1.807, 2.05) is 20.2 Å². The van der Waals surface area contributed by atoms with Crippen molar-refractivity contribution in [2.24, 2.45) is 0 Å². The van der Waals surface area contributed by atoms with Crippen LogP contribution >= 0.6 is 23.2 Å². The highest BCUT2D eigenvalue weighted by Gasteiger charge is 2.37. The predicted octanol–water partition coefficient (Wildman–Crippen LogP) is 4.89. The molecule has 2 aromatic carbocycles. The number of carbonyl (C=O) groups excluding carboxylic acids is 1. The van der Waals surface area contributed by atoms with E-state index in [9.17, 15) is 13.2 Å². The second kappa shape index (κ2) is 10.6. The Morgan fingerprint density at radius 1 is 1.14 bits per heavy atom. The summed E-state index contributed by atoms with van der Waals surface area (Å²) in [6, 6.07) is 9.60. The Kier molecular flexibility index (Phi) is 8.03. The van der Waals surface area contributed by atoms with Gasteiger partial charge in [0.1, 0.15) is 17.5 Å². The smallest absolute Gasteiger partial charge is 0.410 e. The van der Waals surface area contributed by atoms with Crippen LogP contribution in [0, 0.1) is 0 Å². The quantitative estimate of drug-likeness (QED) is 0.533. The highest BCUT2D eigenvalue weighted by molar-refractivity contribution is 7.89. The van der Waals surface area contributed by atoms with E-state index in [1.54, 1.807) is 39.0 Å². The lowest BCUT2D eigenvalue weighted by Crippen LogP contribution is -2.40. The zero-order chi connectivity index (χ0) is 27.1. The van der Waals surface area contributed by atoms with E-state index < -0.39 is 27.8 Å². The molecule has 1 amide bonds. The molecule has 0 spiro atoms. The maximum absolute atomic E-state index is 13.0. The number of likely N-dealkylation sites (N-methyl/N-ethyl adjacent to an activating group) is 1. The van der Waals surface area contributed by atoms with E-state index in [4.69, 9.17) is 32.7 Å². The average Bonchev–Trinajstić information content (AvgIpc) is 3.38. The molecule has 202 valence electrons. The predicted molar refractivity (Wildman–Crippen MR) is 144 cm³/mol. The summed E-state index contributed by atoms with van der Waals surface area (Å²) in [6.07, 6.45) is 0.487. The van der Waals surface area contributed by atoms with Crippen molar-refractivity contribution in [3.8, 4) is 5.75 Å². The van der Waals surface area contributed by atoms with Crippen LogP contribution in [0.3, 0.4) is 0 Å². The number of carbonyl (C=O) groups is 1. The first-order chi connectivity index (χ1) is 17.2. The normalized spacial score (nSPS) is 21.8. The fourth-order valence-corrected chi connectivity index (χ4v) is 6.54. The minimum Gasteiger partial charge on any atom is -0.484 e. The van der Waals surface area contributed by atoms with E-state index in [1.165, 1.54) is 17.0 Å². The number of fused-ring (bicyclic) bond motifs is 1. The summed E-state index contributed by atoms with van der Waals surface area (Å²) in [7, 11) is 0.182. The van der Waals surface area contributed by atoms with E-state index in [0.29, 0.717) is 28.8 Å². The van der Waals surface area contributed by atoms with Gasteiger partial charge in [-0.05, 0) is 89.7 Å². The average molecular weight is 571 g/mol. The summed E-state index contributed by atoms with van der Waals surface area (Å²) in [4.78, 5) is 16.0. The third-order valence-electron chi connectivity index (χ3n) is 6.49. The fourth-order valence-electron chi connectivity index (χ4n) is 4.69. The molecular weight excluding hydrogens is 537 g/mol. The summed E-state index contributed by atoms with van der Waals surface area (Å²) >= 11 is 12.7. The molecule has 37 heavy (non-hydrogen) atoms. The van der Waals surface area contributed by atoms with Crippen molar-refractivity contribution in [2.75, 3.05) is 27.2 Å². The SMILES string of the molecule is CN(C)[C@H]1Cc2c(Cl)cc(Cl)cc2[C@@H]1Oc1ccc(S(=O)(=O)NC2CCN(C(=O)OC(C)(C)C)C2)cc1. The number of rotatable bonds is 6. The summed E-state index contributed by atoms with van der Waals surface area (Å²) in [5, 5.41) is 1.16. The van der Waals surface area contributed by atoms with Crippen molar-refractivity contribution in [3.63, 3.8) is 0 Å². The van der Waals surface area contributed by atoms with Gasteiger partial charge >= 0.3 is 6.09 Å². The maximum atomic E-state index is 13.0. The molecule has 11 heteroatoms. The Labute approximate surface area is 228 Å². The van der Waals surface area contributed by atoms with E-state index in [2.05, 4.69) is 9.62 Å². The van der Waals surface area contributed by atoms with Gasteiger partial charge in [-0.15, -0.1) is 0 Å². The van der Waals surface area contributed by atoms with Crippen molar-refractivity contribution < 1.29 is 22.7 Å². The van der Waals surface area contributed by atoms with E-state index >= 15 is 0 Å². The molecule has 3 atom stereocenters. The number of hydrogen-bond donors (Lipinski definition) is 1. The van der Waals surface area contributed by atoms with Gasteiger partial charge in [0.05, 0.1) is 10.9 Å². The Morgan fingerprint density at radius 3 is 2.43 bits per heavy atom. The van der Waals surface area contributed by atoms with Crippen LogP contribution in [0.5, 0.6) is 5.75 Å². The number of likely N-dealkylation sites (tertiary alicyclic amines) is 1. The monoisotopic (exact) mass is 569 g/mol. The minimum absolute atomic E-state index is 0.0475. The highest BCUT2D eigenvalue weighted by atomic mass is 35.5. The van der Waals surface area contributed by atoms with Gasteiger partial charge in [-0.3, -0.25) is 0 Å². The van der Waals surface area contributed by atoms with Crippen LogP contribution < -0.4 is 9.46 Å². The van der Waals surface area contributed by atoms with Gasteiger partial charge in [0.15, 0.2) is 0 Å². The van der Waals surface area contributed by atoms with Gasteiger partial charge in [0, 0.05) is 34.7 Å². The Morgan fingerprint density at radius 2 is 1.81 bits per heavy atom. The van der Waals surface area contributed by atoms with Gasteiger partial charge in [0.25, 0.3) is 0 Å². The molecule has 1 heterocycles. The number of hydrogen-bond acceptors (Lipinski definition) is 6. The first-order valence-electron chi connectivity index (χ1n) is 12.1. The summed E-state index contributed by atoms with van der Waals surface area (Å²) < 4.78 is 40.4. The topological polar surface area (TPSA) is 88.2 Å². The van der Waals surface area contributed by atoms with Crippen LogP contribution in [0.25, 0.3) is 0 Å². The molecule has 0 bridgehead atoms. The minimum atomic E-state index is -3.78. The Bertz CT molecular complexity index is 1260. The molecule has 1 saturated heterocycles. The standard InChI is InChI=1S/C26H33Cl2N3O5S/c1-26(2,3)36-25(32)31-11-10-17(15-31)29-37(33,34)19-8-6-18(7-9-19)35-24-21-12-16(27)13-22(28)20(21)14-23(24)30(4)5/h6-9,12-13,17,23-24,29H,10-11,14-15H2,1-5H3/t17?,23-,24-/m0/s1. The lowest BCUT2D eigenvalue weighted by molar-refractivity contribution is 0.0292. The third kappa shape index (κ3) is 6.52. The second-order valence-corrected chi connectivity index (χ2v) is 13.3. The number of sulfonamides is 1. The number of nitrogens with zero attached hydrogens (tertiary/aromatic N) is 2. The van der Waals surface area contributed by atoms with Crippen molar-refractivity contribution in [3.05, 3.63) is 57.6 Å². The second-order valence-electron chi connectivity index (χ2n) is 10.7. The van der Waals surface area contributed by atoms with Crippen LogP contribution in [0.15, 0.2) is 41.3 Å². The molecule has 0 radical (unpaired) electrons. The zero-order valence-corrected chi connectivity index (χ0v) is 24.0. The van der Waals surface area contributed by atoms with Crippen molar-refractivity contribution in [2.45, 2.75) is 62.3 Å². The summed E-state index contributed by atoms with van der Waals surface area (Å²) in [5.41, 5.74) is 1.34. The molecule has 4 rings (SSSR count). The van der Waals surface area contributed by atoms with E-state index in [-0.39, 0.29) is 23.6 Å². The van der Waals surface area contributed by atoms with Crippen LogP contribution in [-0.4, -0.2) is 69.2 Å². The van der Waals surface area contributed by atoms with Gasteiger partial charge in [0.2, 0.25) is 10.0 Å². The van der Waals surface area contributed by atoms with Crippen LogP contribution in [0.2, 0.25) is 10.0 Å². The van der Waals surface area contributed by atoms with Crippen molar-refractivity contribution in [1.82, 2.24) is 14.5 Å². The van der Waals surface area contributed by atoms with Crippen molar-refractivity contribution in [1.29, 1.82) is 0 Å². The number of benzene rings is 2. The molecular formula is C26H33Cl2N3O5S. The number of nitrogens with one attached hydrogen (secondary N) is 1. The molecule has 2 aliphatic rings. The lowest BCUT2D eigenvalue weighted by Gasteiger charge is -2.27. The Balaban J connectivity index is 1.43. The van der Waals surface area contributed by atoms with Gasteiger partial charge in [-0.1, -0.05) is 23.2 Å². The lowest BCUT2D eigenvalue weighted by atomic mass is 10.1. The van der Waals surface area contributed by atoms with Gasteiger partial charge in [-0.2, -0.15) is 0 Å². The highest BCUT2D eigenvalue weighted by Crippen LogP contribution is 2.42. The molecule has 0 saturated carbocycles. The van der Waals surface area contributed by atoms with Crippen LogP contribution in [0.4, 0.5) is 4.79 Å². The Hall–Kier alpha value is -2.04. The number of halogens is 2. The van der Waals surface area contributed by atoms with Crippen molar-refractivity contribution >= 4 is 39.3 Å². The molecule has 2 aromatic rings. The first kappa shape index (κ1) is 28.0. The number of amides is 1. The molecule has 0 aromatic heterocycles. The molecule has 1 unspecified atom stereocenters. The van der Waals surface area contributed by atoms with Crippen LogP contribution in [-0.2, 0) is 21.2 Å². The van der Waals surface area contributed by atoms with Gasteiger partial charge < -0.3 is 19.3 Å². The number of ether oxygens (including phenoxy) is 2. The fraction of sp³-hybridized carbons (Fsp3) is 0.500. The zero-order valence-electron chi connectivity index (χ0n) is 21.6. The molecule has 1 N–H and O–H groups in total. The van der Waals surface area contributed by atoms with E-state index in [0.717, 1.165) is 17.5 Å². The molecule has 1 fully saturated rings. The third-order valence-corrected chi connectivity index (χ3v) is 8.58. The summed E-state index contributed by atoms with van der Waals surface area (Å²) in [5.74, 6) is 0.539. The first-order valence-corrected chi connectivity index (χ1v) is 14.4. The largest absolute Gasteiger partial charge is 0.484 e. The summed E-state index contributed by atoms with van der Waals surface area (Å²) in [6.45, 7) is 6.08.